The largest absolute Gasteiger partial charge is 0.497 e. The van der Waals surface area contributed by atoms with E-state index in [-0.39, 0.29) is 0 Å². The Bertz CT molecular complexity index is 965. The summed E-state index contributed by atoms with van der Waals surface area (Å²) < 4.78 is 17.9. The monoisotopic (exact) mass is 381 g/mol. The summed E-state index contributed by atoms with van der Waals surface area (Å²) in [5.41, 5.74) is 4.31. The lowest BCUT2D eigenvalue weighted by atomic mass is 10.2. The third-order valence-corrected chi connectivity index (χ3v) is 4.10. The van der Waals surface area contributed by atoms with Gasteiger partial charge in [0.2, 0.25) is 0 Å². The Balaban J connectivity index is 1.69. The highest BCUT2D eigenvalue weighted by molar-refractivity contribution is 5.99. The SMILES string of the molecule is CCOC(=O)N/N=C/c1cn(CCOc2cccc(OC)c2)c2ccccc12. The molecule has 3 rings (SSSR count). The highest BCUT2D eigenvalue weighted by Gasteiger charge is 2.07. The minimum absolute atomic E-state index is 0.300. The van der Waals surface area contributed by atoms with Crippen molar-refractivity contribution in [3.05, 3.63) is 60.3 Å². The highest BCUT2D eigenvalue weighted by atomic mass is 16.5. The number of benzene rings is 2. The van der Waals surface area contributed by atoms with Crippen LogP contribution in [0, 0.1) is 0 Å². The van der Waals surface area contributed by atoms with Crippen LogP contribution in [-0.4, -0.2) is 37.2 Å². The van der Waals surface area contributed by atoms with Crippen molar-refractivity contribution in [3.8, 4) is 11.5 Å². The number of rotatable bonds is 8. The lowest BCUT2D eigenvalue weighted by molar-refractivity contribution is 0.152. The first-order valence-electron chi connectivity index (χ1n) is 9.02. The van der Waals surface area contributed by atoms with Gasteiger partial charge in [0.25, 0.3) is 0 Å². The fraction of sp³-hybridized carbons (Fsp3) is 0.238. The molecule has 1 amide bonds. The van der Waals surface area contributed by atoms with E-state index in [4.69, 9.17) is 14.2 Å². The van der Waals surface area contributed by atoms with Crippen molar-refractivity contribution >= 4 is 23.2 Å². The molecule has 1 N–H and O–H groups in total. The molecule has 0 aliphatic rings. The Morgan fingerprint density at radius 3 is 2.82 bits per heavy atom. The van der Waals surface area contributed by atoms with E-state index >= 15 is 0 Å². The lowest BCUT2D eigenvalue weighted by Crippen LogP contribution is -2.18. The third kappa shape index (κ3) is 4.82. The van der Waals surface area contributed by atoms with E-state index in [2.05, 4.69) is 15.1 Å². The van der Waals surface area contributed by atoms with Crippen molar-refractivity contribution in [1.82, 2.24) is 9.99 Å². The molecule has 0 aliphatic carbocycles. The smallest absolute Gasteiger partial charge is 0.427 e. The van der Waals surface area contributed by atoms with Gasteiger partial charge in [0.1, 0.15) is 18.1 Å². The zero-order valence-electron chi connectivity index (χ0n) is 15.9. The quantitative estimate of drug-likeness (QED) is 0.476. The van der Waals surface area contributed by atoms with Crippen LogP contribution in [0.15, 0.2) is 59.8 Å². The topological polar surface area (TPSA) is 74.1 Å². The number of hydrazone groups is 1. The maximum atomic E-state index is 11.3. The van der Waals surface area contributed by atoms with Crippen LogP contribution in [0.2, 0.25) is 0 Å². The van der Waals surface area contributed by atoms with E-state index in [0.29, 0.717) is 19.8 Å². The second-order valence-corrected chi connectivity index (χ2v) is 5.91. The predicted octanol–water partition coefficient (Wildman–Crippen LogP) is 3.81. The number of aromatic nitrogens is 1. The van der Waals surface area contributed by atoms with E-state index in [1.807, 2.05) is 54.7 Å². The van der Waals surface area contributed by atoms with E-state index in [1.165, 1.54) is 0 Å². The van der Waals surface area contributed by atoms with Crippen LogP contribution >= 0.6 is 0 Å². The Labute approximate surface area is 163 Å². The summed E-state index contributed by atoms with van der Waals surface area (Å²) in [5, 5.41) is 5.00. The number of carbonyl (C=O) groups excluding carboxylic acids is 1. The molecule has 0 fully saturated rings. The fourth-order valence-electron chi connectivity index (χ4n) is 2.83. The van der Waals surface area contributed by atoms with Gasteiger partial charge in [-0.2, -0.15) is 5.10 Å². The number of methoxy groups -OCH3 is 1. The summed E-state index contributed by atoms with van der Waals surface area (Å²) in [6.07, 6.45) is 3.02. The van der Waals surface area contributed by atoms with Crippen LogP contribution in [0.4, 0.5) is 4.79 Å². The number of carbonyl (C=O) groups is 1. The van der Waals surface area contributed by atoms with Crippen molar-refractivity contribution in [2.75, 3.05) is 20.3 Å². The normalized spacial score (nSPS) is 10.9. The molecule has 0 unspecified atom stereocenters. The molecule has 0 atom stereocenters. The lowest BCUT2D eigenvalue weighted by Gasteiger charge is -2.09. The summed E-state index contributed by atoms with van der Waals surface area (Å²) in [7, 11) is 1.63. The average molecular weight is 381 g/mol. The molecule has 0 radical (unpaired) electrons. The van der Waals surface area contributed by atoms with Crippen molar-refractivity contribution in [3.63, 3.8) is 0 Å². The molecule has 7 nitrogen and oxygen atoms in total. The zero-order chi connectivity index (χ0) is 19.8. The number of fused-ring (bicyclic) bond motifs is 1. The van der Waals surface area contributed by atoms with E-state index < -0.39 is 6.09 Å². The molecule has 0 bridgehead atoms. The Morgan fingerprint density at radius 2 is 2.00 bits per heavy atom. The molecule has 28 heavy (non-hydrogen) atoms. The molecule has 3 aromatic rings. The average Bonchev–Trinajstić information content (AvgIpc) is 3.06. The number of nitrogens with one attached hydrogen (secondary N) is 1. The van der Waals surface area contributed by atoms with E-state index in [0.717, 1.165) is 28.0 Å². The second kappa shape index (κ2) is 9.45. The molecule has 7 heteroatoms. The number of hydrogen-bond donors (Lipinski definition) is 1. The predicted molar refractivity (Wildman–Crippen MR) is 108 cm³/mol. The van der Waals surface area contributed by atoms with Gasteiger partial charge in [-0.1, -0.05) is 24.3 Å². The van der Waals surface area contributed by atoms with Gasteiger partial charge in [-0.05, 0) is 25.1 Å². The maximum absolute atomic E-state index is 11.3. The first kappa shape index (κ1) is 19.3. The number of para-hydroxylation sites is 1. The number of nitrogens with zero attached hydrogens (tertiary/aromatic N) is 2. The van der Waals surface area contributed by atoms with Gasteiger partial charge in [-0.25, -0.2) is 10.2 Å². The molecule has 0 aliphatic heterocycles. The van der Waals surface area contributed by atoms with E-state index in [9.17, 15) is 4.79 Å². The van der Waals surface area contributed by atoms with Crippen molar-refractivity contribution in [1.29, 1.82) is 0 Å². The van der Waals surface area contributed by atoms with Gasteiger partial charge >= 0.3 is 6.09 Å². The standard InChI is InChI=1S/C21H23N3O4/c1-3-27-21(25)23-22-14-16-15-24(20-10-5-4-9-19(16)20)11-12-28-18-8-6-7-17(13-18)26-2/h4-10,13-15H,3,11-12H2,1-2H3,(H,23,25)/b22-14+. The summed E-state index contributed by atoms with van der Waals surface area (Å²) in [6, 6.07) is 15.5. The van der Waals surface area contributed by atoms with Crippen LogP contribution in [-0.2, 0) is 11.3 Å². The van der Waals surface area contributed by atoms with Crippen molar-refractivity contribution in [2.24, 2.45) is 5.10 Å². The molecule has 2 aromatic carbocycles. The first-order valence-corrected chi connectivity index (χ1v) is 9.02. The summed E-state index contributed by atoms with van der Waals surface area (Å²) >= 11 is 0. The summed E-state index contributed by atoms with van der Waals surface area (Å²) in [5.74, 6) is 1.52. The third-order valence-electron chi connectivity index (χ3n) is 4.10. The van der Waals surface area contributed by atoms with Gasteiger partial charge in [-0.15, -0.1) is 0 Å². The molecule has 0 saturated carbocycles. The van der Waals surface area contributed by atoms with Gasteiger partial charge in [0.05, 0.1) is 26.5 Å². The minimum atomic E-state index is -0.575. The van der Waals surface area contributed by atoms with Crippen LogP contribution in [0.1, 0.15) is 12.5 Å². The van der Waals surface area contributed by atoms with Crippen molar-refractivity contribution in [2.45, 2.75) is 13.5 Å². The van der Waals surface area contributed by atoms with Crippen LogP contribution in [0.3, 0.4) is 0 Å². The molecule has 1 heterocycles. The minimum Gasteiger partial charge on any atom is -0.497 e. The molecule has 146 valence electrons. The van der Waals surface area contributed by atoms with Crippen molar-refractivity contribution < 1.29 is 19.0 Å². The summed E-state index contributed by atoms with van der Waals surface area (Å²) in [4.78, 5) is 11.3. The van der Waals surface area contributed by atoms with Gasteiger partial charge in [0, 0.05) is 28.7 Å². The second-order valence-electron chi connectivity index (χ2n) is 5.91. The zero-order valence-corrected chi connectivity index (χ0v) is 15.9. The number of ether oxygens (including phenoxy) is 3. The van der Waals surface area contributed by atoms with E-state index in [1.54, 1.807) is 20.2 Å². The number of amides is 1. The highest BCUT2D eigenvalue weighted by Crippen LogP contribution is 2.21. The Kier molecular flexibility index (Phi) is 6.51. The Morgan fingerprint density at radius 1 is 1.18 bits per heavy atom. The summed E-state index contributed by atoms with van der Waals surface area (Å²) in [6.45, 7) is 3.21. The van der Waals surface area contributed by atoms with Gasteiger partial charge in [0.15, 0.2) is 0 Å². The van der Waals surface area contributed by atoms with Gasteiger partial charge < -0.3 is 18.8 Å². The molecule has 0 saturated heterocycles. The number of hydrogen-bond acceptors (Lipinski definition) is 5. The fourth-order valence-corrected chi connectivity index (χ4v) is 2.83. The Hall–Kier alpha value is -3.48. The molecular formula is C21H23N3O4. The van der Waals surface area contributed by atoms with Crippen LogP contribution < -0.4 is 14.9 Å². The van der Waals surface area contributed by atoms with Gasteiger partial charge in [-0.3, -0.25) is 0 Å². The molecule has 1 aromatic heterocycles. The van der Waals surface area contributed by atoms with Crippen LogP contribution in [0.5, 0.6) is 11.5 Å². The molecular weight excluding hydrogens is 358 g/mol. The van der Waals surface area contributed by atoms with Crippen LogP contribution in [0.25, 0.3) is 10.9 Å². The molecule has 0 spiro atoms. The maximum Gasteiger partial charge on any atom is 0.427 e. The first-order chi connectivity index (χ1) is 13.7.